The predicted molar refractivity (Wildman–Crippen MR) is 119 cm³/mol. The Hall–Kier alpha value is -3.06. The summed E-state index contributed by atoms with van der Waals surface area (Å²) in [4.78, 5) is 26.9. The fraction of sp³-hybridized carbons (Fsp3) is 0.304. The summed E-state index contributed by atoms with van der Waals surface area (Å²) in [5.41, 5.74) is 3.14. The summed E-state index contributed by atoms with van der Waals surface area (Å²) < 4.78 is 0. The van der Waals surface area contributed by atoms with Crippen molar-refractivity contribution in [2.75, 3.05) is 16.8 Å². The van der Waals surface area contributed by atoms with Crippen LogP contribution in [0.2, 0.25) is 0 Å². The molecule has 2 atom stereocenters. The van der Waals surface area contributed by atoms with Crippen LogP contribution >= 0.6 is 11.3 Å². The molecule has 2 heterocycles. The summed E-state index contributed by atoms with van der Waals surface area (Å²) in [5, 5.41) is 12.6. The second kappa shape index (κ2) is 8.75. The second-order valence-corrected chi connectivity index (χ2v) is 8.76. The van der Waals surface area contributed by atoms with Gasteiger partial charge in [-0.15, -0.1) is 10.2 Å². The van der Waals surface area contributed by atoms with Crippen molar-refractivity contribution in [1.82, 2.24) is 10.2 Å². The third-order valence-corrected chi connectivity index (χ3v) is 6.31. The average Bonchev–Trinajstić information content (AvgIpc) is 3.35. The molecule has 0 radical (unpaired) electrons. The molecule has 0 bridgehead atoms. The quantitative estimate of drug-likeness (QED) is 0.649. The number of nitrogens with zero attached hydrogens (tertiary/aromatic N) is 3. The molecule has 1 N–H and O–H groups in total. The van der Waals surface area contributed by atoms with Crippen molar-refractivity contribution in [1.29, 1.82) is 0 Å². The molecule has 1 aromatic heterocycles. The van der Waals surface area contributed by atoms with Crippen molar-refractivity contribution in [3.8, 4) is 0 Å². The van der Waals surface area contributed by atoms with Gasteiger partial charge in [0.15, 0.2) is 0 Å². The van der Waals surface area contributed by atoms with Gasteiger partial charge in [-0.3, -0.25) is 9.59 Å². The number of para-hydroxylation sites is 1. The lowest BCUT2D eigenvalue weighted by Gasteiger charge is -2.18. The third-order valence-electron chi connectivity index (χ3n) is 5.45. The van der Waals surface area contributed by atoms with Crippen molar-refractivity contribution in [2.24, 2.45) is 5.92 Å². The molecular weight excluding hydrogens is 396 g/mol. The Morgan fingerprint density at radius 1 is 1.17 bits per heavy atom. The first-order valence-electron chi connectivity index (χ1n) is 10.1. The molecule has 154 valence electrons. The van der Waals surface area contributed by atoms with Gasteiger partial charge in [-0.05, 0) is 30.0 Å². The van der Waals surface area contributed by atoms with Gasteiger partial charge >= 0.3 is 0 Å². The minimum Gasteiger partial charge on any atom is -0.311 e. The summed E-state index contributed by atoms with van der Waals surface area (Å²) in [6.45, 7) is 4.50. The number of aromatic nitrogens is 2. The number of aryl methyl sites for hydroxylation is 1. The Labute approximate surface area is 180 Å². The first kappa shape index (κ1) is 20.2. The Bertz CT molecular complexity index is 1050. The van der Waals surface area contributed by atoms with Gasteiger partial charge in [0.1, 0.15) is 5.01 Å². The number of hydrogen-bond donors (Lipinski definition) is 1. The Morgan fingerprint density at radius 2 is 1.90 bits per heavy atom. The van der Waals surface area contributed by atoms with Crippen LogP contribution in [-0.2, 0) is 16.0 Å². The summed E-state index contributed by atoms with van der Waals surface area (Å²) in [6.07, 6.45) is 0.970. The van der Waals surface area contributed by atoms with Crippen LogP contribution in [0.3, 0.4) is 0 Å². The number of carbonyl (C=O) groups excluding carboxylic acids is 2. The molecule has 7 heteroatoms. The molecule has 6 nitrogen and oxygen atoms in total. The van der Waals surface area contributed by atoms with E-state index in [9.17, 15) is 9.59 Å². The minimum absolute atomic E-state index is 0.0286. The van der Waals surface area contributed by atoms with Gasteiger partial charge in [0.25, 0.3) is 0 Å². The van der Waals surface area contributed by atoms with E-state index in [2.05, 4.69) is 34.6 Å². The molecule has 2 amide bonds. The van der Waals surface area contributed by atoms with Crippen molar-refractivity contribution in [3.05, 3.63) is 70.7 Å². The zero-order chi connectivity index (χ0) is 21.1. The van der Waals surface area contributed by atoms with Crippen LogP contribution in [0.15, 0.2) is 54.6 Å². The van der Waals surface area contributed by atoms with Gasteiger partial charge < -0.3 is 10.2 Å². The molecule has 0 unspecified atom stereocenters. The molecule has 1 fully saturated rings. The maximum absolute atomic E-state index is 12.7. The van der Waals surface area contributed by atoms with E-state index in [0.29, 0.717) is 17.6 Å². The average molecular weight is 421 g/mol. The lowest BCUT2D eigenvalue weighted by Crippen LogP contribution is -2.28. The molecule has 0 saturated carbocycles. The highest BCUT2D eigenvalue weighted by molar-refractivity contribution is 7.15. The van der Waals surface area contributed by atoms with E-state index >= 15 is 0 Å². The van der Waals surface area contributed by atoms with E-state index in [1.807, 2.05) is 49.4 Å². The molecule has 30 heavy (non-hydrogen) atoms. The Kier molecular flexibility index (Phi) is 5.90. The fourth-order valence-corrected chi connectivity index (χ4v) is 4.61. The number of nitrogens with one attached hydrogen (secondary N) is 1. The van der Waals surface area contributed by atoms with Gasteiger partial charge in [0.05, 0.1) is 5.92 Å². The zero-order valence-corrected chi connectivity index (χ0v) is 17.9. The summed E-state index contributed by atoms with van der Waals surface area (Å²) in [6, 6.07) is 18.0. The van der Waals surface area contributed by atoms with Crippen LogP contribution in [0.1, 0.15) is 35.4 Å². The first-order chi connectivity index (χ1) is 14.5. The van der Waals surface area contributed by atoms with Crippen molar-refractivity contribution < 1.29 is 9.59 Å². The monoisotopic (exact) mass is 420 g/mol. The number of amides is 2. The molecule has 1 saturated heterocycles. The highest BCUT2D eigenvalue weighted by Gasteiger charge is 2.36. The van der Waals surface area contributed by atoms with Gasteiger partial charge in [0.2, 0.25) is 16.9 Å². The Morgan fingerprint density at radius 3 is 2.67 bits per heavy atom. The summed E-state index contributed by atoms with van der Waals surface area (Å²) in [5.74, 6) is -0.289. The van der Waals surface area contributed by atoms with E-state index in [-0.39, 0.29) is 18.2 Å². The van der Waals surface area contributed by atoms with Crippen LogP contribution in [0.5, 0.6) is 0 Å². The van der Waals surface area contributed by atoms with Crippen molar-refractivity contribution in [2.45, 2.75) is 32.6 Å². The highest BCUT2D eigenvalue weighted by Crippen LogP contribution is 2.29. The van der Waals surface area contributed by atoms with Crippen molar-refractivity contribution in [3.63, 3.8) is 0 Å². The maximum Gasteiger partial charge on any atom is 0.231 e. The first-order valence-corrected chi connectivity index (χ1v) is 10.9. The van der Waals surface area contributed by atoms with E-state index in [0.717, 1.165) is 22.7 Å². The number of hydrogen-bond acceptors (Lipinski definition) is 5. The summed E-state index contributed by atoms with van der Waals surface area (Å²) in [7, 11) is 0. The lowest BCUT2D eigenvalue weighted by molar-refractivity contribution is -0.122. The number of anilines is 2. The minimum atomic E-state index is -0.396. The molecule has 4 rings (SSSR count). The number of rotatable bonds is 6. The molecule has 1 aliphatic heterocycles. The van der Waals surface area contributed by atoms with Crippen molar-refractivity contribution >= 4 is 34.0 Å². The molecule has 1 aliphatic rings. The van der Waals surface area contributed by atoms with Crippen LogP contribution in [-0.4, -0.2) is 28.6 Å². The SMILES string of the molecule is Cc1ccccc1N1C[C@@H](C(=O)Nc2nnc(C[C@H](C)c3ccccc3)s2)CC1=O. The van der Waals surface area contributed by atoms with E-state index in [4.69, 9.17) is 0 Å². The maximum atomic E-state index is 12.7. The standard InChI is InChI=1S/C23H24N4O2S/c1-15-8-6-7-11-19(15)27-14-18(13-21(27)28)22(29)24-23-26-25-20(30-23)12-16(2)17-9-4-3-5-10-17/h3-11,16,18H,12-14H2,1-2H3,(H,24,26,29)/t16-,18-/m0/s1. The number of carbonyl (C=O) groups is 2. The number of benzene rings is 2. The van der Waals surface area contributed by atoms with Gasteiger partial charge in [-0.1, -0.05) is 66.8 Å². The third kappa shape index (κ3) is 4.41. The highest BCUT2D eigenvalue weighted by atomic mass is 32.1. The smallest absolute Gasteiger partial charge is 0.231 e. The molecular formula is C23H24N4O2S. The Balaban J connectivity index is 1.37. The normalized spacial score (nSPS) is 17.2. The largest absolute Gasteiger partial charge is 0.311 e. The van der Waals surface area contributed by atoms with E-state index in [1.165, 1.54) is 16.9 Å². The van der Waals surface area contributed by atoms with Crippen LogP contribution in [0.25, 0.3) is 0 Å². The fourth-order valence-electron chi connectivity index (χ4n) is 3.74. The van der Waals surface area contributed by atoms with Gasteiger partial charge in [-0.2, -0.15) is 0 Å². The topological polar surface area (TPSA) is 75.2 Å². The van der Waals surface area contributed by atoms with Gasteiger partial charge in [-0.25, -0.2) is 0 Å². The van der Waals surface area contributed by atoms with Crippen LogP contribution in [0, 0.1) is 12.8 Å². The zero-order valence-electron chi connectivity index (χ0n) is 17.0. The van der Waals surface area contributed by atoms with Crippen LogP contribution in [0.4, 0.5) is 10.8 Å². The second-order valence-electron chi connectivity index (χ2n) is 7.70. The van der Waals surface area contributed by atoms with E-state index < -0.39 is 5.92 Å². The molecule has 0 spiro atoms. The molecule has 2 aromatic carbocycles. The molecule has 0 aliphatic carbocycles. The van der Waals surface area contributed by atoms with Gasteiger partial charge in [0, 0.05) is 25.1 Å². The molecule has 3 aromatic rings. The lowest BCUT2D eigenvalue weighted by atomic mass is 9.98. The predicted octanol–water partition coefficient (Wildman–Crippen LogP) is 4.18. The van der Waals surface area contributed by atoms with Crippen LogP contribution < -0.4 is 10.2 Å². The van der Waals surface area contributed by atoms with E-state index in [1.54, 1.807) is 4.90 Å². The summed E-state index contributed by atoms with van der Waals surface area (Å²) >= 11 is 1.39.